The van der Waals surface area contributed by atoms with E-state index in [2.05, 4.69) is 50.6 Å². The molecular weight excluding hydrogens is 180 g/mol. The van der Waals surface area contributed by atoms with Gasteiger partial charge in [-0.25, -0.2) is 0 Å². The third-order valence-electron chi connectivity index (χ3n) is 2.67. The molecule has 1 radical (unpaired) electrons. The van der Waals surface area contributed by atoms with E-state index in [4.69, 9.17) is 0 Å². The third kappa shape index (κ3) is 6.33. The van der Waals surface area contributed by atoms with E-state index in [1.807, 2.05) is 0 Å². The van der Waals surface area contributed by atoms with Crippen LogP contribution in [0.3, 0.4) is 0 Å². The van der Waals surface area contributed by atoms with Gasteiger partial charge in [-0.1, -0.05) is 69.9 Å². The minimum Gasteiger partial charge on any atom is -0.0628 e. The molecule has 0 aliphatic rings. The van der Waals surface area contributed by atoms with Crippen LogP contribution >= 0.6 is 0 Å². The molecule has 1 rings (SSSR count). The standard InChI is InChI=1S/C15H23/c1-14(2)10-6-3-4-7-11-15-12-8-5-9-13-15/h5,8-9,11-14H,3-4,6-7,10H2,1-2H3. The van der Waals surface area contributed by atoms with Crippen LogP contribution in [-0.2, 0) is 0 Å². The summed E-state index contributed by atoms with van der Waals surface area (Å²) in [7, 11) is 0. The third-order valence-corrected chi connectivity index (χ3v) is 2.67. The van der Waals surface area contributed by atoms with Crippen molar-refractivity contribution in [3.63, 3.8) is 0 Å². The Morgan fingerprint density at radius 1 is 1.00 bits per heavy atom. The Hall–Kier alpha value is -0.780. The van der Waals surface area contributed by atoms with E-state index in [1.54, 1.807) is 0 Å². The van der Waals surface area contributed by atoms with Gasteiger partial charge in [0.25, 0.3) is 0 Å². The maximum atomic E-state index is 2.34. The average Bonchev–Trinajstić information content (AvgIpc) is 2.24. The first-order valence-corrected chi connectivity index (χ1v) is 6.17. The Labute approximate surface area is 94.7 Å². The van der Waals surface area contributed by atoms with Crippen LogP contribution in [0.15, 0.2) is 30.3 Å². The lowest BCUT2D eigenvalue weighted by Crippen LogP contribution is -1.87. The predicted molar refractivity (Wildman–Crippen MR) is 67.8 cm³/mol. The van der Waals surface area contributed by atoms with E-state index in [-0.39, 0.29) is 0 Å². The first kappa shape index (κ1) is 12.3. The van der Waals surface area contributed by atoms with E-state index >= 15 is 0 Å². The van der Waals surface area contributed by atoms with Crippen LogP contribution in [0.4, 0.5) is 0 Å². The minimum absolute atomic E-state index is 0.864. The van der Waals surface area contributed by atoms with Crippen molar-refractivity contribution in [2.24, 2.45) is 5.92 Å². The first-order chi connectivity index (χ1) is 7.29. The molecule has 83 valence electrons. The van der Waals surface area contributed by atoms with Crippen molar-refractivity contribution in [3.8, 4) is 0 Å². The normalized spacial score (nSPS) is 10.9. The average molecular weight is 203 g/mol. The SMILES string of the molecule is CC(C)CCCCC[CH]c1ccccc1. The summed E-state index contributed by atoms with van der Waals surface area (Å²) in [6, 6.07) is 10.6. The fourth-order valence-corrected chi connectivity index (χ4v) is 1.73. The lowest BCUT2D eigenvalue weighted by Gasteiger charge is -2.04. The summed E-state index contributed by atoms with van der Waals surface area (Å²) >= 11 is 0. The molecule has 0 nitrogen and oxygen atoms in total. The monoisotopic (exact) mass is 203 g/mol. The number of benzene rings is 1. The van der Waals surface area contributed by atoms with Crippen molar-refractivity contribution in [2.45, 2.75) is 46.0 Å². The Balaban J connectivity index is 1.98. The molecule has 0 saturated carbocycles. The number of hydrogen-bond donors (Lipinski definition) is 0. The maximum Gasteiger partial charge on any atom is -0.00931 e. The Kier molecular flexibility index (Phi) is 6.15. The molecule has 0 N–H and O–H groups in total. The molecule has 0 atom stereocenters. The van der Waals surface area contributed by atoms with Crippen LogP contribution in [-0.4, -0.2) is 0 Å². The second-order valence-corrected chi connectivity index (χ2v) is 4.65. The van der Waals surface area contributed by atoms with Crippen molar-refractivity contribution < 1.29 is 0 Å². The highest BCUT2D eigenvalue weighted by Gasteiger charge is 1.95. The Morgan fingerprint density at radius 3 is 2.40 bits per heavy atom. The summed E-state index contributed by atoms with van der Waals surface area (Å²) in [5.74, 6) is 0.864. The first-order valence-electron chi connectivity index (χ1n) is 6.17. The molecule has 0 saturated heterocycles. The van der Waals surface area contributed by atoms with E-state index < -0.39 is 0 Å². The molecule has 0 spiro atoms. The second kappa shape index (κ2) is 7.50. The number of unbranched alkanes of at least 4 members (excludes halogenated alkanes) is 3. The van der Waals surface area contributed by atoms with Gasteiger partial charge in [-0.2, -0.15) is 0 Å². The second-order valence-electron chi connectivity index (χ2n) is 4.65. The van der Waals surface area contributed by atoms with Crippen LogP contribution < -0.4 is 0 Å². The van der Waals surface area contributed by atoms with E-state index in [1.165, 1.54) is 37.7 Å². The quantitative estimate of drug-likeness (QED) is 0.556. The van der Waals surface area contributed by atoms with Gasteiger partial charge in [-0.15, -0.1) is 0 Å². The minimum atomic E-state index is 0.864. The summed E-state index contributed by atoms with van der Waals surface area (Å²) in [6.07, 6.45) is 9.05. The lowest BCUT2D eigenvalue weighted by molar-refractivity contribution is 0.527. The molecule has 0 unspecified atom stereocenters. The smallest absolute Gasteiger partial charge is 0.00931 e. The molecule has 0 heteroatoms. The van der Waals surface area contributed by atoms with Gasteiger partial charge in [-0.05, 0) is 24.3 Å². The van der Waals surface area contributed by atoms with Gasteiger partial charge in [0.05, 0.1) is 0 Å². The van der Waals surface area contributed by atoms with Crippen molar-refractivity contribution in [1.29, 1.82) is 0 Å². The zero-order chi connectivity index (χ0) is 10.9. The molecule has 1 aromatic carbocycles. The fraction of sp³-hybridized carbons (Fsp3) is 0.533. The van der Waals surface area contributed by atoms with Gasteiger partial charge in [0.1, 0.15) is 0 Å². The molecule has 0 fully saturated rings. The van der Waals surface area contributed by atoms with E-state index in [0.717, 1.165) is 5.92 Å². The van der Waals surface area contributed by atoms with Crippen LogP contribution in [0.1, 0.15) is 51.5 Å². The van der Waals surface area contributed by atoms with Crippen LogP contribution in [0.25, 0.3) is 0 Å². The van der Waals surface area contributed by atoms with Gasteiger partial charge in [0.2, 0.25) is 0 Å². The summed E-state index contributed by atoms with van der Waals surface area (Å²) < 4.78 is 0. The largest absolute Gasteiger partial charge is 0.0628 e. The summed E-state index contributed by atoms with van der Waals surface area (Å²) in [4.78, 5) is 0. The molecule has 0 aliphatic heterocycles. The summed E-state index contributed by atoms with van der Waals surface area (Å²) in [5.41, 5.74) is 1.36. The molecule has 0 aromatic heterocycles. The topological polar surface area (TPSA) is 0 Å². The molecular formula is C15H23. The summed E-state index contributed by atoms with van der Waals surface area (Å²) in [6.45, 7) is 4.60. The van der Waals surface area contributed by atoms with Gasteiger partial charge >= 0.3 is 0 Å². The van der Waals surface area contributed by atoms with Gasteiger partial charge in [0.15, 0.2) is 0 Å². The van der Waals surface area contributed by atoms with E-state index in [0.29, 0.717) is 0 Å². The molecule has 0 aliphatic carbocycles. The fourth-order valence-electron chi connectivity index (χ4n) is 1.73. The van der Waals surface area contributed by atoms with Crippen LogP contribution in [0.2, 0.25) is 0 Å². The molecule has 0 amide bonds. The van der Waals surface area contributed by atoms with Crippen molar-refractivity contribution >= 4 is 0 Å². The maximum absolute atomic E-state index is 2.34. The highest BCUT2D eigenvalue weighted by Crippen LogP contribution is 2.12. The van der Waals surface area contributed by atoms with E-state index in [9.17, 15) is 0 Å². The zero-order valence-corrected chi connectivity index (χ0v) is 10.1. The molecule has 0 heterocycles. The Bertz CT molecular complexity index is 235. The highest BCUT2D eigenvalue weighted by molar-refractivity contribution is 5.21. The zero-order valence-electron chi connectivity index (χ0n) is 10.1. The van der Waals surface area contributed by atoms with Gasteiger partial charge in [-0.3, -0.25) is 0 Å². The number of hydrogen-bond acceptors (Lipinski definition) is 0. The van der Waals surface area contributed by atoms with Crippen LogP contribution in [0.5, 0.6) is 0 Å². The van der Waals surface area contributed by atoms with Crippen molar-refractivity contribution in [3.05, 3.63) is 42.3 Å². The van der Waals surface area contributed by atoms with Crippen LogP contribution in [0, 0.1) is 12.3 Å². The Morgan fingerprint density at radius 2 is 1.73 bits per heavy atom. The number of rotatable bonds is 7. The van der Waals surface area contributed by atoms with Gasteiger partial charge < -0.3 is 0 Å². The van der Waals surface area contributed by atoms with Crippen molar-refractivity contribution in [1.82, 2.24) is 0 Å². The molecule has 15 heavy (non-hydrogen) atoms. The molecule has 0 bridgehead atoms. The van der Waals surface area contributed by atoms with Crippen molar-refractivity contribution in [2.75, 3.05) is 0 Å². The molecule has 1 aromatic rings. The summed E-state index contributed by atoms with van der Waals surface area (Å²) in [5, 5.41) is 0. The van der Waals surface area contributed by atoms with Gasteiger partial charge in [0, 0.05) is 0 Å². The lowest BCUT2D eigenvalue weighted by atomic mass is 10.0. The predicted octanol–water partition coefficient (Wildman–Crippen LogP) is 4.85. The highest BCUT2D eigenvalue weighted by atomic mass is 14.0.